The highest BCUT2D eigenvalue weighted by molar-refractivity contribution is 9.10. The van der Waals surface area contributed by atoms with Gasteiger partial charge in [-0.2, -0.15) is 0 Å². The van der Waals surface area contributed by atoms with Crippen LogP contribution in [-0.4, -0.2) is 5.78 Å². The molecule has 1 heterocycles. The zero-order valence-electron chi connectivity index (χ0n) is 8.46. The van der Waals surface area contributed by atoms with Crippen molar-refractivity contribution < 1.29 is 9.21 Å². The lowest BCUT2D eigenvalue weighted by Gasteiger charge is -2.03. The average molecular weight is 300 g/mol. The zero-order chi connectivity index (χ0) is 11.7. The largest absolute Gasteiger partial charge is 0.446 e. The maximum absolute atomic E-state index is 12.1. The lowest BCUT2D eigenvalue weighted by atomic mass is 10.0. The Labute approximate surface area is 106 Å². The van der Waals surface area contributed by atoms with Crippen LogP contribution >= 0.6 is 27.5 Å². The molecule has 0 amide bonds. The first kappa shape index (κ1) is 11.4. The second kappa shape index (κ2) is 4.44. The van der Waals surface area contributed by atoms with Gasteiger partial charge in [0.1, 0.15) is 0 Å². The Balaban J connectivity index is 2.45. The van der Waals surface area contributed by atoms with Gasteiger partial charge in [0.25, 0.3) is 0 Å². The molecule has 0 atom stereocenters. The van der Waals surface area contributed by atoms with E-state index in [-0.39, 0.29) is 5.78 Å². The predicted molar refractivity (Wildman–Crippen MR) is 66.0 cm³/mol. The summed E-state index contributed by atoms with van der Waals surface area (Å²) in [6, 6.07) is 8.54. The van der Waals surface area contributed by atoms with Crippen LogP contribution in [0, 0.1) is 6.92 Å². The fraction of sp³-hybridized carbons (Fsp3) is 0.0833. The van der Waals surface area contributed by atoms with Crippen molar-refractivity contribution in [1.29, 1.82) is 0 Å². The van der Waals surface area contributed by atoms with Gasteiger partial charge in [0.15, 0.2) is 10.4 Å². The standard InChI is InChI=1S/C12H8BrClO2/c1-7-2-3-8(14)6-9(7)12(15)10-4-5-11(13)16-10/h2-6H,1H3. The van der Waals surface area contributed by atoms with Crippen molar-refractivity contribution in [1.82, 2.24) is 0 Å². The number of aryl methyl sites for hydroxylation is 1. The van der Waals surface area contributed by atoms with Gasteiger partial charge in [-0.15, -0.1) is 0 Å². The van der Waals surface area contributed by atoms with Crippen LogP contribution in [-0.2, 0) is 0 Å². The highest BCUT2D eigenvalue weighted by Crippen LogP contribution is 2.21. The molecule has 0 aliphatic carbocycles. The first-order valence-electron chi connectivity index (χ1n) is 4.64. The van der Waals surface area contributed by atoms with Gasteiger partial charge < -0.3 is 4.42 Å². The molecule has 0 aliphatic rings. The van der Waals surface area contributed by atoms with Crippen LogP contribution in [0.5, 0.6) is 0 Å². The molecule has 0 radical (unpaired) electrons. The molecule has 16 heavy (non-hydrogen) atoms. The number of ketones is 1. The molecule has 0 N–H and O–H groups in total. The number of halogens is 2. The lowest BCUT2D eigenvalue weighted by molar-refractivity contribution is 0.101. The van der Waals surface area contributed by atoms with Crippen molar-refractivity contribution in [3.05, 3.63) is 56.9 Å². The quantitative estimate of drug-likeness (QED) is 0.777. The van der Waals surface area contributed by atoms with Gasteiger partial charge in [0, 0.05) is 10.6 Å². The lowest BCUT2D eigenvalue weighted by Crippen LogP contribution is -2.02. The number of hydrogen-bond acceptors (Lipinski definition) is 2. The van der Waals surface area contributed by atoms with Gasteiger partial charge in [0.2, 0.25) is 5.78 Å². The van der Waals surface area contributed by atoms with E-state index in [9.17, 15) is 4.79 Å². The van der Waals surface area contributed by atoms with Crippen molar-refractivity contribution >= 4 is 33.3 Å². The van der Waals surface area contributed by atoms with Crippen molar-refractivity contribution in [2.75, 3.05) is 0 Å². The van der Waals surface area contributed by atoms with E-state index in [1.54, 1.807) is 24.3 Å². The Hall–Kier alpha value is -1.06. The average Bonchev–Trinajstić information content (AvgIpc) is 2.67. The maximum atomic E-state index is 12.1. The van der Waals surface area contributed by atoms with Crippen LogP contribution in [0.15, 0.2) is 39.4 Å². The number of carbonyl (C=O) groups is 1. The van der Waals surface area contributed by atoms with E-state index in [0.29, 0.717) is 21.0 Å². The molecule has 0 aliphatic heterocycles. The molecule has 1 aromatic heterocycles. The normalized spacial score (nSPS) is 10.4. The molecule has 0 saturated carbocycles. The van der Waals surface area contributed by atoms with E-state index in [1.165, 1.54) is 0 Å². The summed E-state index contributed by atoms with van der Waals surface area (Å²) >= 11 is 9.02. The number of furan rings is 1. The van der Waals surface area contributed by atoms with Gasteiger partial charge in [-0.05, 0) is 52.7 Å². The highest BCUT2D eigenvalue weighted by atomic mass is 79.9. The van der Waals surface area contributed by atoms with E-state index in [1.807, 2.05) is 13.0 Å². The topological polar surface area (TPSA) is 30.2 Å². The maximum Gasteiger partial charge on any atom is 0.228 e. The highest BCUT2D eigenvalue weighted by Gasteiger charge is 2.15. The minimum Gasteiger partial charge on any atom is -0.446 e. The van der Waals surface area contributed by atoms with Gasteiger partial charge in [-0.25, -0.2) is 0 Å². The van der Waals surface area contributed by atoms with Crippen LogP contribution in [0.2, 0.25) is 5.02 Å². The Kier molecular flexibility index (Phi) is 3.17. The van der Waals surface area contributed by atoms with Crippen LogP contribution in [0.25, 0.3) is 0 Å². The third-order valence-electron chi connectivity index (χ3n) is 2.24. The Morgan fingerprint density at radius 3 is 2.69 bits per heavy atom. The molecule has 2 aromatic rings. The Bertz CT molecular complexity index is 546. The van der Waals surface area contributed by atoms with Gasteiger partial charge in [-0.3, -0.25) is 4.79 Å². The number of hydrogen-bond donors (Lipinski definition) is 0. The van der Waals surface area contributed by atoms with E-state index in [2.05, 4.69) is 15.9 Å². The second-order valence-electron chi connectivity index (χ2n) is 3.39. The van der Waals surface area contributed by atoms with E-state index < -0.39 is 0 Å². The summed E-state index contributed by atoms with van der Waals surface area (Å²) in [6.07, 6.45) is 0. The number of carbonyl (C=O) groups excluding carboxylic acids is 1. The molecule has 1 aromatic carbocycles. The summed E-state index contributed by atoms with van der Waals surface area (Å²) in [6.45, 7) is 1.86. The molecular formula is C12H8BrClO2. The smallest absolute Gasteiger partial charge is 0.228 e. The minimum absolute atomic E-state index is 0.161. The van der Waals surface area contributed by atoms with Gasteiger partial charge in [-0.1, -0.05) is 17.7 Å². The first-order chi connectivity index (χ1) is 7.58. The summed E-state index contributed by atoms with van der Waals surface area (Å²) in [5.74, 6) is 0.142. The summed E-state index contributed by atoms with van der Waals surface area (Å²) in [4.78, 5) is 12.1. The number of benzene rings is 1. The monoisotopic (exact) mass is 298 g/mol. The van der Waals surface area contributed by atoms with E-state index in [4.69, 9.17) is 16.0 Å². The minimum atomic E-state index is -0.161. The molecular weight excluding hydrogens is 291 g/mol. The number of rotatable bonds is 2. The van der Waals surface area contributed by atoms with Crippen LogP contribution in [0.1, 0.15) is 21.7 Å². The molecule has 82 valence electrons. The van der Waals surface area contributed by atoms with Crippen LogP contribution in [0.3, 0.4) is 0 Å². The van der Waals surface area contributed by atoms with Crippen molar-refractivity contribution in [3.63, 3.8) is 0 Å². The van der Waals surface area contributed by atoms with Crippen molar-refractivity contribution in [2.45, 2.75) is 6.92 Å². The van der Waals surface area contributed by atoms with E-state index in [0.717, 1.165) is 5.56 Å². The van der Waals surface area contributed by atoms with Gasteiger partial charge in [0.05, 0.1) is 0 Å². The molecule has 0 saturated heterocycles. The Morgan fingerprint density at radius 1 is 1.31 bits per heavy atom. The Morgan fingerprint density at radius 2 is 2.06 bits per heavy atom. The fourth-order valence-electron chi connectivity index (χ4n) is 1.41. The van der Waals surface area contributed by atoms with Crippen LogP contribution < -0.4 is 0 Å². The molecule has 0 fully saturated rings. The summed E-state index contributed by atoms with van der Waals surface area (Å²) < 4.78 is 5.76. The van der Waals surface area contributed by atoms with Crippen LogP contribution in [0.4, 0.5) is 0 Å². The van der Waals surface area contributed by atoms with E-state index >= 15 is 0 Å². The second-order valence-corrected chi connectivity index (χ2v) is 4.61. The molecule has 0 spiro atoms. The van der Waals surface area contributed by atoms with Gasteiger partial charge >= 0.3 is 0 Å². The first-order valence-corrected chi connectivity index (χ1v) is 5.81. The molecule has 2 nitrogen and oxygen atoms in total. The fourth-order valence-corrected chi connectivity index (χ4v) is 1.89. The molecule has 2 rings (SSSR count). The summed E-state index contributed by atoms with van der Waals surface area (Å²) in [7, 11) is 0. The molecule has 0 bridgehead atoms. The molecule has 4 heteroatoms. The van der Waals surface area contributed by atoms with Crippen molar-refractivity contribution in [3.8, 4) is 0 Å². The third-order valence-corrected chi connectivity index (χ3v) is 2.90. The SMILES string of the molecule is Cc1ccc(Cl)cc1C(=O)c1ccc(Br)o1. The predicted octanol–water partition coefficient (Wildman–Crippen LogP) is 4.23. The third kappa shape index (κ3) is 2.20. The summed E-state index contributed by atoms with van der Waals surface area (Å²) in [5.41, 5.74) is 1.44. The summed E-state index contributed by atoms with van der Waals surface area (Å²) in [5, 5.41) is 0.541. The van der Waals surface area contributed by atoms with Crippen molar-refractivity contribution in [2.24, 2.45) is 0 Å². The molecule has 0 unspecified atom stereocenters. The zero-order valence-corrected chi connectivity index (χ0v) is 10.8.